The van der Waals surface area contributed by atoms with Gasteiger partial charge in [0.1, 0.15) is 0 Å². The van der Waals surface area contributed by atoms with Crippen molar-refractivity contribution in [1.82, 2.24) is 0 Å². The van der Waals surface area contributed by atoms with Crippen molar-refractivity contribution in [3.63, 3.8) is 0 Å². The Balaban J connectivity index is 3.14. The Hall–Kier alpha value is -0.980. The number of nitrogen functional groups attached to an aromatic ring is 1. The van der Waals surface area contributed by atoms with E-state index in [0.717, 1.165) is 16.8 Å². The summed E-state index contributed by atoms with van der Waals surface area (Å²) in [7, 11) is 0. The predicted molar refractivity (Wildman–Crippen MR) is 40.3 cm³/mol. The average Bonchev–Trinajstić information content (AvgIpc) is 1.95. The summed E-state index contributed by atoms with van der Waals surface area (Å²) in [5, 5.41) is 0. The van der Waals surface area contributed by atoms with E-state index in [4.69, 9.17) is 7.10 Å². The van der Waals surface area contributed by atoms with Crippen LogP contribution in [0.4, 0.5) is 5.69 Å². The molecule has 0 aliphatic carbocycles. The Morgan fingerprint density at radius 2 is 2.11 bits per heavy atom. The Morgan fingerprint density at radius 1 is 1.44 bits per heavy atom. The SMILES string of the molecule is [2H]Cc1cccc(C)c1N. The van der Waals surface area contributed by atoms with Crippen molar-refractivity contribution < 1.29 is 1.37 Å². The summed E-state index contributed by atoms with van der Waals surface area (Å²) in [5.41, 5.74) is 8.41. The first-order valence-electron chi connectivity index (χ1n) is 3.59. The number of aryl methyl sites for hydroxylation is 2. The van der Waals surface area contributed by atoms with Crippen molar-refractivity contribution in [2.45, 2.75) is 13.8 Å². The van der Waals surface area contributed by atoms with Gasteiger partial charge in [-0.1, -0.05) is 18.2 Å². The topological polar surface area (TPSA) is 26.0 Å². The maximum Gasteiger partial charge on any atom is 0.0373 e. The third-order valence-electron chi connectivity index (χ3n) is 1.41. The minimum atomic E-state index is 0.271. The van der Waals surface area contributed by atoms with Gasteiger partial charge in [0.05, 0.1) is 0 Å². The lowest BCUT2D eigenvalue weighted by Gasteiger charge is -2.00. The van der Waals surface area contributed by atoms with Gasteiger partial charge in [0, 0.05) is 7.06 Å². The molecule has 48 valence electrons. The molecular formula is C8H11N. The maximum atomic E-state index is 7.10. The van der Waals surface area contributed by atoms with Gasteiger partial charge < -0.3 is 5.73 Å². The standard InChI is InChI=1S/C8H11N/c1-6-4-3-5-7(2)8(6)9/h3-5H,9H2,1-2H3/i1D. The number of benzene rings is 1. The Bertz CT molecular complexity index is 233. The molecule has 0 aliphatic rings. The van der Waals surface area contributed by atoms with Gasteiger partial charge in [-0.25, -0.2) is 0 Å². The van der Waals surface area contributed by atoms with Crippen LogP contribution in [0, 0.1) is 13.8 Å². The molecule has 0 amide bonds. The molecule has 2 N–H and O–H groups in total. The largest absolute Gasteiger partial charge is 0.398 e. The minimum absolute atomic E-state index is 0.271. The summed E-state index contributed by atoms with van der Waals surface area (Å²) < 4.78 is 7.10. The normalized spacial score (nSPS) is 11.0. The summed E-state index contributed by atoms with van der Waals surface area (Å²) in [6.07, 6.45) is 0. The van der Waals surface area contributed by atoms with Gasteiger partial charge in [-0.3, -0.25) is 0 Å². The van der Waals surface area contributed by atoms with E-state index in [9.17, 15) is 0 Å². The van der Waals surface area contributed by atoms with Crippen LogP contribution in [0.25, 0.3) is 0 Å². The zero-order valence-electron chi connectivity index (χ0n) is 6.52. The van der Waals surface area contributed by atoms with Crippen molar-refractivity contribution in [1.29, 1.82) is 0 Å². The summed E-state index contributed by atoms with van der Waals surface area (Å²) in [6, 6.07) is 5.76. The monoisotopic (exact) mass is 122 g/mol. The van der Waals surface area contributed by atoms with Crippen LogP contribution in [-0.2, 0) is 0 Å². The van der Waals surface area contributed by atoms with E-state index in [0.29, 0.717) is 0 Å². The van der Waals surface area contributed by atoms with Crippen LogP contribution in [0.1, 0.15) is 12.5 Å². The number of anilines is 1. The molecule has 0 aliphatic heterocycles. The Morgan fingerprint density at radius 3 is 2.67 bits per heavy atom. The van der Waals surface area contributed by atoms with Crippen LogP contribution in [0.3, 0.4) is 0 Å². The molecule has 0 spiro atoms. The zero-order chi connectivity index (χ0) is 7.56. The first kappa shape index (κ1) is 4.86. The van der Waals surface area contributed by atoms with E-state index in [1.165, 1.54) is 0 Å². The van der Waals surface area contributed by atoms with Crippen LogP contribution in [0.15, 0.2) is 18.2 Å². The molecule has 0 aromatic heterocycles. The lowest BCUT2D eigenvalue weighted by molar-refractivity contribution is 1.39. The molecule has 0 bridgehead atoms. The second kappa shape index (κ2) is 2.09. The zero-order valence-corrected chi connectivity index (χ0v) is 5.52. The van der Waals surface area contributed by atoms with Crippen molar-refractivity contribution in [3.05, 3.63) is 29.3 Å². The van der Waals surface area contributed by atoms with Crippen LogP contribution in [-0.4, -0.2) is 0 Å². The van der Waals surface area contributed by atoms with E-state index in [1.54, 1.807) is 0 Å². The number of hydrogen-bond donors (Lipinski definition) is 1. The molecule has 1 heteroatoms. The highest BCUT2D eigenvalue weighted by Crippen LogP contribution is 2.13. The van der Waals surface area contributed by atoms with E-state index >= 15 is 0 Å². The summed E-state index contributed by atoms with van der Waals surface area (Å²) in [5.74, 6) is 0. The lowest BCUT2D eigenvalue weighted by atomic mass is 10.1. The second-order valence-electron chi connectivity index (χ2n) is 2.15. The van der Waals surface area contributed by atoms with E-state index in [1.807, 2.05) is 25.1 Å². The molecule has 0 fully saturated rings. The van der Waals surface area contributed by atoms with Gasteiger partial charge in [0.15, 0.2) is 0 Å². The molecule has 1 aromatic carbocycles. The second-order valence-corrected chi connectivity index (χ2v) is 2.15. The van der Waals surface area contributed by atoms with Gasteiger partial charge in [0.2, 0.25) is 0 Å². The molecule has 1 rings (SSSR count). The highest BCUT2D eigenvalue weighted by atomic mass is 14.6. The minimum Gasteiger partial charge on any atom is -0.398 e. The molecule has 0 atom stereocenters. The molecule has 0 unspecified atom stereocenters. The number of hydrogen-bond acceptors (Lipinski definition) is 1. The van der Waals surface area contributed by atoms with Gasteiger partial charge in [-0.2, -0.15) is 0 Å². The number of para-hydroxylation sites is 1. The molecular weight excluding hydrogens is 110 g/mol. The first-order chi connectivity index (χ1) is 4.75. The van der Waals surface area contributed by atoms with Crippen molar-refractivity contribution >= 4 is 5.69 Å². The molecule has 0 heterocycles. The highest BCUT2D eigenvalue weighted by Gasteiger charge is 1.92. The fraction of sp³-hybridized carbons (Fsp3) is 0.250. The highest BCUT2D eigenvalue weighted by molar-refractivity contribution is 5.52. The number of nitrogens with two attached hydrogens (primary N) is 1. The Labute approximate surface area is 56.9 Å². The van der Waals surface area contributed by atoms with Crippen molar-refractivity contribution in [2.75, 3.05) is 5.73 Å². The smallest absolute Gasteiger partial charge is 0.0373 e. The van der Waals surface area contributed by atoms with Crippen LogP contribution in [0.5, 0.6) is 0 Å². The van der Waals surface area contributed by atoms with Crippen molar-refractivity contribution in [3.8, 4) is 0 Å². The van der Waals surface area contributed by atoms with Gasteiger partial charge >= 0.3 is 0 Å². The van der Waals surface area contributed by atoms with Crippen LogP contribution < -0.4 is 5.73 Å². The molecule has 0 radical (unpaired) electrons. The molecule has 9 heavy (non-hydrogen) atoms. The summed E-state index contributed by atoms with van der Waals surface area (Å²) in [4.78, 5) is 0. The van der Waals surface area contributed by atoms with E-state index in [-0.39, 0.29) is 6.90 Å². The lowest BCUT2D eigenvalue weighted by Crippen LogP contribution is -1.91. The van der Waals surface area contributed by atoms with Crippen LogP contribution >= 0.6 is 0 Å². The predicted octanol–water partition coefficient (Wildman–Crippen LogP) is 1.89. The van der Waals surface area contributed by atoms with Gasteiger partial charge in [0.25, 0.3) is 0 Å². The summed E-state index contributed by atoms with van der Waals surface area (Å²) >= 11 is 0. The third kappa shape index (κ3) is 1.04. The van der Waals surface area contributed by atoms with Gasteiger partial charge in [-0.05, 0) is 25.0 Å². The molecule has 0 saturated carbocycles. The first-order valence-corrected chi connectivity index (χ1v) is 2.89. The molecule has 1 nitrogen and oxygen atoms in total. The van der Waals surface area contributed by atoms with E-state index < -0.39 is 0 Å². The fourth-order valence-corrected chi connectivity index (χ4v) is 0.741. The maximum absolute atomic E-state index is 7.10. The molecule has 1 aromatic rings. The third-order valence-corrected chi connectivity index (χ3v) is 1.41. The molecule has 0 saturated heterocycles. The van der Waals surface area contributed by atoms with Crippen molar-refractivity contribution in [2.24, 2.45) is 0 Å². The Kier molecular flexibility index (Phi) is 1.13. The summed E-state index contributed by atoms with van der Waals surface area (Å²) in [6.45, 7) is 2.22. The average molecular weight is 122 g/mol. The van der Waals surface area contributed by atoms with Gasteiger partial charge in [-0.15, -0.1) is 0 Å². The van der Waals surface area contributed by atoms with Crippen LogP contribution in [0.2, 0.25) is 0 Å². The quantitative estimate of drug-likeness (QED) is 0.522. The van der Waals surface area contributed by atoms with E-state index in [2.05, 4.69) is 0 Å². The fourth-order valence-electron chi connectivity index (χ4n) is 0.741. The number of rotatable bonds is 0.